The van der Waals surface area contributed by atoms with Crippen molar-refractivity contribution in [2.45, 2.75) is 44.9 Å². The maximum atomic E-state index is 12.9. The second-order valence-electron chi connectivity index (χ2n) is 5.91. The highest BCUT2D eigenvalue weighted by atomic mass is 79.9. The van der Waals surface area contributed by atoms with Gasteiger partial charge in [0.15, 0.2) is 0 Å². The van der Waals surface area contributed by atoms with Gasteiger partial charge in [-0.3, -0.25) is 0 Å². The number of halogens is 1. The molecule has 118 valence electrons. The number of benzene rings is 1. The van der Waals surface area contributed by atoms with E-state index in [0.717, 1.165) is 19.3 Å². The van der Waals surface area contributed by atoms with Gasteiger partial charge >= 0.3 is 0 Å². The van der Waals surface area contributed by atoms with Crippen molar-refractivity contribution < 1.29 is 8.42 Å². The molecule has 0 bridgehead atoms. The molecule has 2 N–H and O–H groups in total. The lowest BCUT2D eigenvalue weighted by Crippen LogP contribution is -2.32. The van der Waals surface area contributed by atoms with Crippen LogP contribution in [0.4, 0.5) is 5.69 Å². The standard InChI is InChI=1S/C15H23BrN2O2S/c1-4-15(5-2)6-7-18(10-15)21(19,20)14-9-12(16)8-13(17)11(14)3/h8-9H,4-7,10,17H2,1-3H3. The Kier molecular flexibility index (Phi) is 4.71. The Balaban J connectivity index is 2.41. The summed E-state index contributed by atoms with van der Waals surface area (Å²) in [7, 11) is -3.48. The number of nitrogen functional groups attached to an aromatic ring is 1. The number of hydrogen-bond acceptors (Lipinski definition) is 3. The maximum Gasteiger partial charge on any atom is 0.243 e. The first kappa shape index (κ1) is 16.8. The first-order valence-corrected chi connectivity index (χ1v) is 9.55. The van der Waals surface area contributed by atoms with Crippen LogP contribution in [0, 0.1) is 12.3 Å². The minimum absolute atomic E-state index is 0.124. The molecule has 0 atom stereocenters. The highest BCUT2D eigenvalue weighted by Gasteiger charge is 2.41. The van der Waals surface area contributed by atoms with Crippen LogP contribution in [0.3, 0.4) is 0 Å². The monoisotopic (exact) mass is 374 g/mol. The smallest absolute Gasteiger partial charge is 0.243 e. The van der Waals surface area contributed by atoms with Crippen LogP contribution >= 0.6 is 15.9 Å². The van der Waals surface area contributed by atoms with Crippen molar-refractivity contribution in [3.05, 3.63) is 22.2 Å². The van der Waals surface area contributed by atoms with Crippen LogP contribution in [0.25, 0.3) is 0 Å². The second-order valence-corrected chi connectivity index (χ2v) is 8.74. The fraction of sp³-hybridized carbons (Fsp3) is 0.600. The van der Waals surface area contributed by atoms with E-state index in [4.69, 9.17) is 5.73 Å². The van der Waals surface area contributed by atoms with E-state index in [2.05, 4.69) is 29.8 Å². The van der Waals surface area contributed by atoms with Gasteiger partial charge in [-0.05, 0) is 49.3 Å². The largest absolute Gasteiger partial charge is 0.398 e. The number of nitrogens with zero attached hydrogens (tertiary/aromatic N) is 1. The molecule has 1 fully saturated rings. The summed E-state index contributed by atoms with van der Waals surface area (Å²) in [6.45, 7) is 7.24. The van der Waals surface area contributed by atoms with Crippen molar-refractivity contribution in [3.8, 4) is 0 Å². The zero-order valence-electron chi connectivity index (χ0n) is 12.8. The van der Waals surface area contributed by atoms with Crippen LogP contribution < -0.4 is 5.73 Å². The van der Waals surface area contributed by atoms with Gasteiger partial charge in [-0.25, -0.2) is 8.42 Å². The predicted molar refractivity (Wildman–Crippen MR) is 89.7 cm³/mol. The minimum Gasteiger partial charge on any atom is -0.398 e. The Bertz CT molecular complexity index is 639. The fourth-order valence-corrected chi connectivity index (χ4v) is 5.47. The number of anilines is 1. The molecule has 21 heavy (non-hydrogen) atoms. The SMILES string of the molecule is CCC1(CC)CCN(S(=O)(=O)c2cc(Br)cc(N)c2C)C1. The summed E-state index contributed by atoms with van der Waals surface area (Å²) in [6.07, 6.45) is 2.95. The lowest BCUT2D eigenvalue weighted by atomic mass is 9.82. The highest BCUT2D eigenvalue weighted by molar-refractivity contribution is 9.10. The molecule has 0 unspecified atom stereocenters. The Hall–Kier alpha value is -0.590. The average Bonchev–Trinajstić information content (AvgIpc) is 2.88. The third kappa shape index (κ3) is 2.98. The van der Waals surface area contributed by atoms with Gasteiger partial charge in [-0.15, -0.1) is 0 Å². The Morgan fingerprint density at radius 3 is 2.48 bits per heavy atom. The first-order valence-electron chi connectivity index (χ1n) is 7.31. The molecule has 4 nitrogen and oxygen atoms in total. The van der Waals surface area contributed by atoms with Gasteiger partial charge in [0.2, 0.25) is 10.0 Å². The quantitative estimate of drug-likeness (QED) is 0.819. The van der Waals surface area contributed by atoms with Crippen LogP contribution in [-0.2, 0) is 10.0 Å². The third-order valence-corrected chi connectivity index (χ3v) is 7.32. The molecular weight excluding hydrogens is 352 g/mol. The summed E-state index contributed by atoms with van der Waals surface area (Å²) in [5.41, 5.74) is 7.16. The molecule has 1 saturated heterocycles. The molecule has 2 rings (SSSR count). The topological polar surface area (TPSA) is 63.4 Å². The van der Waals surface area contributed by atoms with E-state index in [0.29, 0.717) is 33.7 Å². The van der Waals surface area contributed by atoms with Crippen molar-refractivity contribution in [2.75, 3.05) is 18.8 Å². The lowest BCUT2D eigenvalue weighted by molar-refractivity contribution is 0.279. The van der Waals surface area contributed by atoms with E-state index in [-0.39, 0.29) is 5.41 Å². The van der Waals surface area contributed by atoms with Crippen LogP contribution in [0.5, 0.6) is 0 Å². The molecule has 0 amide bonds. The van der Waals surface area contributed by atoms with Gasteiger partial charge in [0.1, 0.15) is 0 Å². The number of sulfonamides is 1. The number of rotatable bonds is 4. The normalized spacial score (nSPS) is 19.0. The summed E-state index contributed by atoms with van der Waals surface area (Å²) in [5.74, 6) is 0. The van der Waals surface area contributed by atoms with Crippen molar-refractivity contribution in [2.24, 2.45) is 5.41 Å². The summed E-state index contributed by atoms with van der Waals surface area (Å²) in [5, 5.41) is 0. The van der Waals surface area contributed by atoms with Gasteiger partial charge in [0.05, 0.1) is 4.90 Å². The molecule has 0 aromatic heterocycles. The van der Waals surface area contributed by atoms with E-state index in [1.54, 1.807) is 23.4 Å². The highest BCUT2D eigenvalue weighted by Crippen LogP contribution is 2.40. The van der Waals surface area contributed by atoms with E-state index < -0.39 is 10.0 Å². The molecular formula is C15H23BrN2O2S. The number of nitrogens with two attached hydrogens (primary N) is 1. The van der Waals surface area contributed by atoms with Gasteiger partial charge in [0, 0.05) is 23.2 Å². The molecule has 1 aromatic carbocycles. The molecule has 1 aromatic rings. The van der Waals surface area contributed by atoms with Crippen LogP contribution in [-0.4, -0.2) is 25.8 Å². The van der Waals surface area contributed by atoms with Gasteiger partial charge < -0.3 is 5.73 Å². The predicted octanol–water partition coefficient (Wildman–Crippen LogP) is 3.54. The Morgan fingerprint density at radius 1 is 1.33 bits per heavy atom. The Morgan fingerprint density at radius 2 is 1.95 bits per heavy atom. The van der Waals surface area contributed by atoms with Crippen LogP contribution in [0.15, 0.2) is 21.5 Å². The lowest BCUT2D eigenvalue weighted by Gasteiger charge is -2.26. The third-order valence-electron chi connectivity index (χ3n) is 4.89. The fourth-order valence-electron chi connectivity index (χ4n) is 3.01. The molecule has 1 heterocycles. The van der Waals surface area contributed by atoms with E-state index in [1.165, 1.54) is 0 Å². The maximum absolute atomic E-state index is 12.9. The molecule has 1 aliphatic rings. The summed E-state index contributed by atoms with van der Waals surface area (Å²) in [6, 6.07) is 3.39. The molecule has 6 heteroatoms. The van der Waals surface area contributed by atoms with Crippen molar-refractivity contribution >= 4 is 31.6 Å². The van der Waals surface area contributed by atoms with E-state index in [9.17, 15) is 8.42 Å². The van der Waals surface area contributed by atoms with Crippen molar-refractivity contribution in [1.29, 1.82) is 0 Å². The van der Waals surface area contributed by atoms with Crippen molar-refractivity contribution in [3.63, 3.8) is 0 Å². The molecule has 0 saturated carbocycles. The summed E-state index contributed by atoms with van der Waals surface area (Å²) >= 11 is 3.33. The first-order chi connectivity index (χ1) is 9.75. The van der Waals surface area contributed by atoms with Crippen LogP contribution in [0.1, 0.15) is 38.7 Å². The molecule has 1 aliphatic heterocycles. The minimum atomic E-state index is -3.48. The van der Waals surface area contributed by atoms with Crippen molar-refractivity contribution in [1.82, 2.24) is 4.31 Å². The van der Waals surface area contributed by atoms with E-state index >= 15 is 0 Å². The summed E-state index contributed by atoms with van der Waals surface area (Å²) in [4.78, 5) is 0.317. The van der Waals surface area contributed by atoms with Gasteiger partial charge in [-0.1, -0.05) is 29.8 Å². The second kappa shape index (κ2) is 5.89. The summed E-state index contributed by atoms with van der Waals surface area (Å²) < 4.78 is 28.2. The molecule has 0 aliphatic carbocycles. The van der Waals surface area contributed by atoms with Gasteiger partial charge in [-0.2, -0.15) is 4.31 Å². The zero-order chi connectivity index (χ0) is 15.8. The van der Waals surface area contributed by atoms with Crippen LogP contribution in [0.2, 0.25) is 0 Å². The van der Waals surface area contributed by atoms with Gasteiger partial charge in [0.25, 0.3) is 0 Å². The van der Waals surface area contributed by atoms with E-state index in [1.807, 2.05) is 0 Å². The molecule has 0 spiro atoms. The molecule has 0 radical (unpaired) electrons. The number of hydrogen-bond donors (Lipinski definition) is 1. The average molecular weight is 375 g/mol. The Labute approximate surface area is 135 Å². The zero-order valence-corrected chi connectivity index (χ0v) is 15.2.